The molecule has 0 unspecified atom stereocenters. The van der Waals surface area contributed by atoms with Crippen molar-refractivity contribution >= 4 is 17.1 Å². The van der Waals surface area contributed by atoms with Crippen LogP contribution in [0.1, 0.15) is 43.2 Å². The lowest BCUT2D eigenvalue weighted by Crippen LogP contribution is -2.09. The second-order valence-corrected chi connectivity index (χ2v) is 5.51. The summed E-state index contributed by atoms with van der Waals surface area (Å²) >= 11 is 0. The minimum atomic E-state index is 0.222. The van der Waals surface area contributed by atoms with Crippen LogP contribution in [0.4, 0.5) is 0 Å². The molecule has 0 spiro atoms. The summed E-state index contributed by atoms with van der Waals surface area (Å²) in [5, 5.41) is 11.1. The smallest absolute Gasteiger partial charge is 0.198 e. The summed E-state index contributed by atoms with van der Waals surface area (Å²) in [6, 6.07) is 6.57. The lowest BCUT2D eigenvalue weighted by molar-refractivity contribution is 0.443. The van der Waals surface area contributed by atoms with Crippen LogP contribution in [0.15, 0.2) is 23.2 Å². The lowest BCUT2D eigenvalue weighted by Gasteiger charge is -2.16. The molecule has 1 aromatic carbocycles. The second kappa shape index (κ2) is 5.08. The van der Waals surface area contributed by atoms with E-state index in [1.165, 1.54) is 37.7 Å². The summed E-state index contributed by atoms with van der Waals surface area (Å²) in [6.07, 6.45) is 8.10. The Morgan fingerprint density at radius 1 is 1.26 bits per heavy atom. The number of aromatic amines is 1. The van der Waals surface area contributed by atoms with Crippen LogP contribution in [0.5, 0.6) is 5.88 Å². The summed E-state index contributed by atoms with van der Waals surface area (Å²) in [5.41, 5.74) is 2.98. The molecule has 1 aliphatic carbocycles. The van der Waals surface area contributed by atoms with E-state index in [9.17, 15) is 5.11 Å². The van der Waals surface area contributed by atoms with Crippen LogP contribution in [0.2, 0.25) is 0 Å². The van der Waals surface area contributed by atoms with E-state index < -0.39 is 0 Å². The number of benzene rings is 1. The second-order valence-electron chi connectivity index (χ2n) is 5.51. The molecule has 1 saturated carbocycles. The van der Waals surface area contributed by atoms with E-state index in [0.717, 1.165) is 16.5 Å². The van der Waals surface area contributed by atoms with Crippen LogP contribution >= 0.6 is 0 Å². The zero-order valence-electron chi connectivity index (χ0n) is 11.3. The highest BCUT2D eigenvalue weighted by Crippen LogP contribution is 2.27. The van der Waals surface area contributed by atoms with E-state index in [1.54, 1.807) is 0 Å². The lowest BCUT2D eigenvalue weighted by atomic mass is 9.96. The molecule has 1 aromatic heterocycles. The minimum Gasteiger partial charge on any atom is -0.494 e. The fraction of sp³-hybridized carbons (Fsp3) is 0.438. The molecule has 0 aliphatic heterocycles. The largest absolute Gasteiger partial charge is 0.494 e. The van der Waals surface area contributed by atoms with E-state index in [4.69, 9.17) is 0 Å². The molecule has 19 heavy (non-hydrogen) atoms. The van der Waals surface area contributed by atoms with Crippen molar-refractivity contribution in [2.45, 2.75) is 45.1 Å². The monoisotopic (exact) mass is 256 g/mol. The zero-order valence-corrected chi connectivity index (χ0v) is 11.3. The predicted molar refractivity (Wildman–Crippen MR) is 79.2 cm³/mol. The summed E-state index contributed by atoms with van der Waals surface area (Å²) in [7, 11) is 0. The van der Waals surface area contributed by atoms with Gasteiger partial charge in [-0.3, -0.25) is 4.99 Å². The van der Waals surface area contributed by atoms with E-state index in [0.29, 0.717) is 6.04 Å². The molecule has 1 heterocycles. The van der Waals surface area contributed by atoms with Crippen molar-refractivity contribution in [3.63, 3.8) is 0 Å². The fourth-order valence-corrected chi connectivity index (χ4v) is 2.85. The highest BCUT2D eigenvalue weighted by atomic mass is 16.3. The zero-order chi connectivity index (χ0) is 13.2. The topological polar surface area (TPSA) is 48.4 Å². The number of rotatable bonds is 2. The fourth-order valence-electron chi connectivity index (χ4n) is 2.85. The third-order valence-electron chi connectivity index (χ3n) is 3.96. The molecular weight excluding hydrogens is 236 g/mol. The SMILES string of the molecule is Cc1ccc2[nH]c(O)c(C=NC3CCCCC3)c2c1. The van der Waals surface area contributed by atoms with Gasteiger partial charge in [0.05, 0.1) is 5.56 Å². The van der Waals surface area contributed by atoms with Gasteiger partial charge in [0.15, 0.2) is 5.88 Å². The molecule has 0 atom stereocenters. The summed E-state index contributed by atoms with van der Waals surface area (Å²) in [5.74, 6) is 0.222. The number of aliphatic imine (C=N–C) groups is 1. The van der Waals surface area contributed by atoms with Gasteiger partial charge in [-0.2, -0.15) is 0 Å². The van der Waals surface area contributed by atoms with Gasteiger partial charge < -0.3 is 10.1 Å². The van der Waals surface area contributed by atoms with Crippen LogP contribution in [-0.4, -0.2) is 22.3 Å². The van der Waals surface area contributed by atoms with Crippen LogP contribution in [0.3, 0.4) is 0 Å². The third-order valence-corrected chi connectivity index (χ3v) is 3.96. The molecule has 3 nitrogen and oxygen atoms in total. The number of hydrogen-bond donors (Lipinski definition) is 2. The predicted octanol–water partition coefficient (Wildman–Crippen LogP) is 3.93. The first-order valence-corrected chi connectivity index (χ1v) is 7.08. The first-order valence-electron chi connectivity index (χ1n) is 7.08. The molecule has 2 N–H and O–H groups in total. The molecule has 0 bridgehead atoms. The number of aryl methyl sites for hydroxylation is 1. The van der Waals surface area contributed by atoms with E-state index in [-0.39, 0.29) is 5.88 Å². The van der Waals surface area contributed by atoms with E-state index in [1.807, 2.05) is 18.3 Å². The van der Waals surface area contributed by atoms with Gasteiger partial charge in [0, 0.05) is 23.2 Å². The van der Waals surface area contributed by atoms with Crippen molar-refractivity contribution in [3.8, 4) is 5.88 Å². The van der Waals surface area contributed by atoms with Gasteiger partial charge in [-0.15, -0.1) is 0 Å². The maximum Gasteiger partial charge on any atom is 0.198 e. The summed E-state index contributed by atoms with van der Waals surface area (Å²) in [6.45, 7) is 2.06. The van der Waals surface area contributed by atoms with Gasteiger partial charge in [-0.25, -0.2) is 0 Å². The van der Waals surface area contributed by atoms with Crippen molar-refractivity contribution < 1.29 is 5.11 Å². The van der Waals surface area contributed by atoms with Crippen molar-refractivity contribution in [2.24, 2.45) is 4.99 Å². The van der Waals surface area contributed by atoms with Crippen LogP contribution in [-0.2, 0) is 0 Å². The van der Waals surface area contributed by atoms with Crippen LogP contribution in [0, 0.1) is 6.92 Å². The average Bonchev–Trinajstić information content (AvgIpc) is 2.73. The quantitative estimate of drug-likeness (QED) is 0.786. The van der Waals surface area contributed by atoms with E-state index in [2.05, 4.69) is 23.0 Å². The first kappa shape index (κ1) is 12.3. The molecule has 3 heteroatoms. The molecule has 0 saturated heterocycles. The Kier molecular flexibility index (Phi) is 3.28. The van der Waals surface area contributed by atoms with Gasteiger partial charge >= 0.3 is 0 Å². The van der Waals surface area contributed by atoms with Crippen LogP contribution in [0.25, 0.3) is 10.9 Å². The number of aromatic nitrogens is 1. The number of nitrogens with zero attached hydrogens (tertiary/aromatic N) is 1. The van der Waals surface area contributed by atoms with Crippen molar-refractivity contribution in [1.82, 2.24) is 4.98 Å². The Labute approximate surface area is 113 Å². The Hall–Kier alpha value is -1.77. The number of hydrogen-bond acceptors (Lipinski definition) is 2. The molecule has 1 aliphatic rings. The van der Waals surface area contributed by atoms with Gasteiger partial charge in [-0.1, -0.05) is 30.9 Å². The van der Waals surface area contributed by atoms with Crippen LogP contribution < -0.4 is 0 Å². The molecular formula is C16H20N2O. The van der Waals surface area contributed by atoms with Crippen molar-refractivity contribution in [1.29, 1.82) is 0 Å². The number of fused-ring (bicyclic) bond motifs is 1. The highest BCUT2D eigenvalue weighted by Gasteiger charge is 2.13. The van der Waals surface area contributed by atoms with Gasteiger partial charge in [-0.05, 0) is 31.9 Å². The summed E-state index contributed by atoms with van der Waals surface area (Å²) < 4.78 is 0. The molecule has 1 fully saturated rings. The third kappa shape index (κ3) is 2.50. The minimum absolute atomic E-state index is 0.222. The van der Waals surface area contributed by atoms with Gasteiger partial charge in [0.25, 0.3) is 0 Å². The Morgan fingerprint density at radius 2 is 2.05 bits per heavy atom. The first-order chi connectivity index (χ1) is 9.24. The standard InChI is InChI=1S/C16H20N2O/c1-11-7-8-15-13(9-11)14(16(19)18-15)10-17-12-5-3-2-4-6-12/h7-10,12,18-19H,2-6H2,1H3. The number of H-pyrrole nitrogens is 1. The summed E-state index contributed by atoms with van der Waals surface area (Å²) in [4.78, 5) is 7.67. The molecule has 0 amide bonds. The maximum atomic E-state index is 10.0. The van der Waals surface area contributed by atoms with E-state index >= 15 is 0 Å². The Bertz CT molecular complexity index is 606. The van der Waals surface area contributed by atoms with Crippen molar-refractivity contribution in [2.75, 3.05) is 0 Å². The average molecular weight is 256 g/mol. The molecule has 3 rings (SSSR count). The van der Waals surface area contributed by atoms with Crippen molar-refractivity contribution in [3.05, 3.63) is 29.3 Å². The normalized spacial score (nSPS) is 17.5. The maximum absolute atomic E-state index is 10.0. The van der Waals surface area contributed by atoms with Gasteiger partial charge in [0.2, 0.25) is 0 Å². The molecule has 0 radical (unpaired) electrons. The number of aromatic hydroxyl groups is 1. The highest BCUT2D eigenvalue weighted by molar-refractivity contribution is 6.02. The molecule has 2 aromatic rings. The Morgan fingerprint density at radius 3 is 2.84 bits per heavy atom. The Balaban J connectivity index is 1.92. The molecule has 100 valence electrons. The van der Waals surface area contributed by atoms with Gasteiger partial charge in [0.1, 0.15) is 0 Å². The number of nitrogens with one attached hydrogen (secondary N) is 1.